The van der Waals surface area contributed by atoms with E-state index >= 15 is 0 Å². The molecule has 0 bridgehead atoms. The number of ether oxygens (including phenoxy) is 1. The highest BCUT2D eigenvalue weighted by molar-refractivity contribution is 7.86. The van der Waals surface area contributed by atoms with E-state index in [1.807, 2.05) is 13.8 Å². The molecule has 1 aromatic carbocycles. The van der Waals surface area contributed by atoms with Crippen molar-refractivity contribution in [1.82, 2.24) is 0 Å². The predicted molar refractivity (Wildman–Crippen MR) is 74.8 cm³/mol. The number of methoxy groups -OCH3 is 1. The SMILES string of the molecule is CCCCC(OS(=O)(=O)c1ccc(C)cc1)C(=O)OC. The van der Waals surface area contributed by atoms with Gasteiger partial charge in [-0.1, -0.05) is 37.5 Å². The largest absolute Gasteiger partial charge is 0.467 e. The van der Waals surface area contributed by atoms with Gasteiger partial charge in [0.2, 0.25) is 0 Å². The highest BCUT2D eigenvalue weighted by atomic mass is 32.2. The Bertz CT molecular complexity index is 533. The molecule has 1 atom stereocenters. The normalized spacial score (nSPS) is 12.9. The molecule has 0 radical (unpaired) electrons. The van der Waals surface area contributed by atoms with E-state index in [2.05, 4.69) is 4.74 Å². The van der Waals surface area contributed by atoms with Crippen molar-refractivity contribution in [1.29, 1.82) is 0 Å². The molecule has 1 rings (SSSR count). The van der Waals surface area contributed by atoms with Gasteiger partial charge in [0, 0.05) is 0 Å². The molecule has 6 heteroatoms. The molecule has 0 aromatic heterocycles. The smallest absolute Gasteiger partial charge is 0.336 e. The van der Waals surface area contributed by atoms with Gasteiger partial charge in [0.15, 0.2) is 6.10 Å². The fraction of sp³-hybridized carbons (Fsp3) is 0.500. The molecule has 0 aliphatic rings. The average Bonchev–Trinajstić information content (AvgIpc) is 2.43. The van der Waals surface area contributed by atoms with Crippen LogP contribution in [0.5, 0.6) is 0 Å². The van der Waals surface area contributed by atoms with Crippen molar-refractivity contribution < 1.29 is 22.1 Å². The first-order valence-corrected chi connectivity index (χ1v) is 7.89. The lowest BCUT2D eigenvalue weighted by Gasteiger charge is -2.15. The number of unbranched alkanes of at least 4 members (excludes halogenated alkanes) is 1. The van der Waals surface area contributed by atoms with Gasteiger partial charge in [-0.05, 0) is 25.5 Å². The minimum Gasteiger partial charge on any atom is -0.467 e. The summed E-state index contributed by atoms with van der Waals surface area (Å²) in [4.78, 5) is 11.6. The maximum absolute atomic E-state index is 12.1. The fourth-order valence-electron chi connectivity index (χ4n) is 1.64. The van der Waals surface area contributed by atoms with Gasteiger partial charge in [0.25, 0.3) is 10.1 Å². The number of carbonyl (C=O) groups excluding carboxylic acids is 1. The summed E-state index contributed by atoms with van der Waals surface area (Å²) >= 11 is 0. The maximum atomic E-state index is 12.1. The van der Waals surface area contributed by atoms with E-state index in [0.29, 0.717) is 12.8 Å². The number of hydrogen-bond donors (Lipinski definition) is 0. The second-order valence-electron chi connectivity index (χ2n) is 4.52. The summed E-state index contributed by atoms with van der Waals surface area (Å²) in [5.74, 6) is -0.672. The molecule has 0 amide bonds. The molecule has 0 heterocycles. The van der Waals surface area contributed by atoms with Crippen LogP contribution in [0.1, 0.15) is 31.7 Å². The summed E-state index contributed by atoms with van der Waals surface area (Å²) < 4.78 is 33.8. The van der Waals surface area contributed by atoms with Crippen LogP contribution in [0.3, 0.4) is 0 Å². The van der Waals surface area contributed by atoms with Crippen molar-refractivity contribution in [3.63, 3.8) is 0 Å². The van der Waals surface area contributed by atoms with Crippen molar-refractivity contribution in [2.24, 2.45) is 0 Å². The Hall–Kier alpha value is -1.40. The molecule has 112 valence electrons. The number of carbonyl (C=O) groups is 1. The molecular weight excluding hydrogens is 280 g/mol. The van der Waals surface area contributed by atoms with E-state index in [0.717, 1.165) is 12.0 Å². The van der Waals surface area contributed by atoms with Crippen LogP contribution < -0.4 is 0 Å². The molecule has 20 heavy (non-hydrogen) atoms. The summed E-state index contributed by atoms with van der Waals surface area (Å²) in [6.45, 7) is 3.80. The number of aryl methyl sites for hydroxylation is 1. The van der Waals surface area contributed by atoms with Crippen LogP contribution in [0.15, 0.2) is 29.2 Å². The third kappa shape index (κ3) is 4.61. The molecule has 1 unspecified atom stereocenters. The number of esters is 1. The van der Waals surface area contributed by atoms with Gasteiger partial charge in [-0.2, -0.15) is 8.42 Å². The molecule has 5 nitrogen and oxygen atoms in total. The fourth-order valence-corrected chi connectivity index (χ4v) is 2.70. The maximum Gasteiger partial charge on any atom is 0.336 e. The average molecular weight is 300 g/mol. The zero-order chi connectivity index (χ0) is 15.2. The zero-order valence-corrected chi connectivity index (χ0v) is 12.8. The second-order valence-corrected chi connectivity index (χ2v) is 6.09. The van der Waals surface area contributed by atoms with Crippen LogP contribution in [0.2, 0.25) is 0 Å². The highest BCUT2D eigenvalue weighted by Crippen LogP contribution is 2.18. The lowest BCUT2D eigenvalue weighted by Crippen LogP contribution is -2.28. The van der Waals surface area contributed by atoms with Gasteiger partial charge in [-0.15, -0.1) is 0 Å². The minimum atomic E-state index is -3.96. The Morgan fingerprint density at radius 3 is 2.35 bits per heavy atom. The van der Waals surface area contributed by atoms with Crippen LogP contribution in [-0.4, -0.2) is 27.6 Å². The summed E-state index contributed by atoms with van der Waals surface area (Å²) in [5, 5.41) is 0. The third-order valence-electron chi connectivity index (χ3n) is 2.84. The van der Waals surface area contributed by atoms with Crippen molar-refractivity contribution >= 4 is 16.1 Å². The standard InChI is InChI=1S/C14H20O5S/c1-4-5-6-13(14(15)18-3)19-20(16,17)12-9-7-11(2)8-10-12/h7-10,13H,4-6H2,1-3H3. The van der Waals surface area contributed by atoms with Crippen LogP contribution in [-0.2, 0) is 23.8 Å². The van der Waals surface area contributed by atoms with E-state index in [1.165, 1.54) is 19.2 Å². The predicted octanol–water partition coefficient (Wildman–Crippen LogP) is 2.43. The Balaban J connectivity index is 2.90. The van der Waals surface area contributed by atoms with Gasteiger partial charge in [-0.3, -0.25) is 4.18 Å². The molecule has 0 saturated carbocycles. The monoisotopic (exact) mass is 300 g/mol. The van der Waals surface area contributed by atoms with E-state index in [4.69, 9.17) is 4.18 Å². The van der Waals surface area contributed by atoms with Gasteiger partial charge in [-0.25, -0.2) is 4.79 Å². The Morgan fingerprint density at radius 2 is 1.85 bits per heavy atom. The first-order chi connectivity index (χ1) is 9.40. The van der Waals surface area contributed by atoms with Crippen LogP contribution in [0.25, 0.3) is 0 Å². The quantitative estimate of drug-likeness (QED) is 0.571. The van der Waals surface area contributed by atoms with Gasteiger partial charge in [0.1, 0.15) is 0 Å². The van der Waals surface area contributed by atoms with Crippen molar-refractivity contribution in [3.05, 3.63) is 29.8 Å². The topological polar surface area (TPSA) is 69.7 Å². The van der Waals surface area contributed by atoms with Crippen molar-refractivity contribution in [2.75, 3.05) is 7.11 Å². The van der Waals surface area contributed by atoms with E-state index in [9.17, 15) is 13.2 Å². The Labute approximate surface area is 120 Å². The lowest BCUT2D eigenvalue weighted by atomic mass is 10.2. The lowest BCUT2D eigenvalue weighted by molar-refractivity contribution is -0.149. The van der Waals surface area contributed by atoms with Crippen LogP contribution >= 0.6 is 0 Å². The first-order valence-electron chi connectivity index (χ1n) is 6.48. The number of benzene rings is 1. The number of rotatable bonds is 7. The molecular formula is C14H20O5S. The molecule has 0 aliphatic carbocycles. The van der Waals surface area contributed by atoms with E-state index < -0.39 is 22.2 Å². The van der Waals surface area contributed by atoms with Crippen molar-refractivity contribution in [3.8, 4) is 0 Å². The van der Waals surface area contributed by atoms with Crippen LogP contribution in [0, 0.1) is 6.92 Å². The van der Waals surface area contributed by atoms with Gasteiger partial charge >= 0.3 is 5.97 Å². The van der Waals surface area contributed by atoms with Crippen molar-refractivity contribution in [2.45, 2.75) is 44.1 Å². The number of hydrogen-bond acceptors (Lipinski definition) is 5. The Kier molecular flexibility index (Phi) is 6.16. The summed E-state index contributed by atoms with van der Waals surface area (Å²) in [6, 6.07) is 6.27. The molecule has 0 saturated heterocycles. The highest BCUT2D eigenvalue weighted by Gasteiger charge is 2.27. The first kappa shape index (κ1) is 16.7. The van der Waals surface area contributed by atoms with E-state index in [-0.39, 0.29) is 4.90 Å². The van der Waals surface area contributed by atoms with E-state index in [1.54, 1.807) is 12.1 Å². The summed E-state index contributed by atoms with van der Waals surface area (Å²) in [5.41, 5.74) is 0.944. The summed E-state index contributed by atoms with van der Waals surface area (Å²) in [6.07, 6.45) is 0.741. The molecule has 1 aromatic rings. The molecule has 0 spiro atoms. The minimum absolute atomic E-state index is 0.0356. The molecule has 0 aliphatic heterocycles. The van der Waals surface area contributed by atoms with Crippen LogP contribution in [0.4, 0.5) is 0 Å². The Morgan fingerprint density at radius 1 is 1.25 bits per heavy atom. The molecule has 0 fully saturated rings. The molecule has 0 N–H and O–H groups in total. The second kappa shape index (κ2) is 7.40. The zero-order valence-electron chi connectivity index (χ0n) is 12.0. The van der Waals surface area contributed by atoms with Gasteiger partial charge < -0.3 is 4.74 Å². The third-order valence-corrected chi connectivity index (χ3v) is 4.17. The summed E-state index contributed by atoms with van der Waals surface area (Å²) in [7, 11) is -2.75. The van der Waals surface area contributed by atoms with Gasteiger partial charge in [0.05, 0.1) is 12.0 Å².